The normalized spacial score (nSPS) is 11.4. The van der Waals surface area contributed by atoms with Crippen LogP contribution in [0.3, 0.4) is 0 Å². The van der Waals surface area contributed by atoms with Gasteiger partial charge in [-0.3, -0.25) is 0 Å². The lowest BCUT2D eigenvalue weighted by molar-refractivity contribution is 0.501. The van der Waals surface area contributed by atoms with E-state index < -0.39 is 0 Å². The molecule has 17 heavy (non-hydrogen) atoms. The van der Waals surface area contributed by atoms with E-state index in [0.29, 0.717) is 18.0 Å². The molecular weight excluding hydrogens is 214 g/mol. The molecule has 0 atom stereocenters. The van der Waals surface area contributed by atoms with Gasteiger partial charge >= 0.3 is 0 Å². The average Bonchev–Trinajstić information content (AvgIpc) is 2.76. The Labute approximate surface area is 104 Å². The highest BCUT2D eigenvalue weighted by Crippen LogP contribution is 2.11. The number of aromatic nitrogens is 1. The molecule has 0 aliphatic heterocycles. The Hall–Kier alpha value is -1.03. The minimum Gasteiger partial charge on any atom is -0.432 e. The molecule has 1 heterocycles. The third-order valence-corrected chi connectivity index (χ3v) is 2.94. The van der Waals surface area contributed by atoms with Gasteiger partial charge in [0, 0.05) is 19.1 Å². The standard InChI is InChI=1S/C13H25N3O/c1-5-11(6-2)7-15-13-16-12(9-17-13)8-14-10(3)4/h9-11,14H,5-8H2,1-4H3,(H,15,16). The zero-order chi connectivity index (χ0) is 12.7. The molecule has 0 aliphatic rings. The van der Waals surface area contributed by atoms with Crippen molar-refractivity contribution in [1.82, 2.24) is 10.3 Å². The van der Waals surface area contributed by atoms with Crippen LogP contribution in [0.1, 0.15) is 46.2 Å². The predicted octanol–water partition coefficient (Wildman–Crippen LogP) is 3.02. The van der Waals surface area contributed by atoms with Gasteiger partial charge in [-0.1, -0.05) is 40.5 Å². The molecule has 1 rings (SSSR count). The van der Waals surface area contributed by atoms with Crippen LogP contribution in [0.15, 0.2) is 10.7 Å². The van der Waals surface area contributed by atoms with Crippen LogP contribution in [0.4, 0.5) is 6.01 Å². The third kappa shape index (κ3) is 5.22. The van der Waals surface area contributed by atoms with E-state index in [9.17, 15) is 0 Å². The van der Waals surface area contributed by atoms with Crippen LogP contribution < -0.4 is 10.6 Å². The van der Waals surface area contributed by atoms with Crippen molar-refractivity contribution in [3.05, 3.63) is 12.0 Å². The van der Waals surface area contributed by atoms with Crippen molar-refractivity contribution in [1.29, 1.82) is 0 Å². The third-order valence-electron chi connectivity index (χ3n) is 2.94. The quantitative estimate of drug-likeness (QED) is 0.732. The second-order valence-electron chi connectivity index (χ2n) is 4.74. The van der Waals surface area contributed by atoms with Crippen LogP contribution in [0, 0.1) is 5.92 Å². The molecule has 1 aromatic rings. The fourth-order valence-corrected chi connectivity index (χ4v) is 1.59. The van der Waals surface area contributed by atoms with E-state index in [1.807, 2.05) is 0 Å². The van der Waals surface area contributed by atoms with Gasteiger partial charge in [0.15, 0.2) is 0 Å². The summed E-state index contributed by atoms with van der Waals surface area (Å²) in [5, 5.41) is 6.56. The largest absolute Gasteiger partial charge is 0.432 e. The van der Waals surface area contributed by atoms with Crippen LogP contribution in [0.25, 0.3) is 0 Å². The summed E-state index contributed by atoms with van der Waals surface area (Å²) in [4.78, 5) is 4.38. The zero-order valence-electron chi connectivity index (χ0n) is 11.4. The van der Waals surface area contributed by atoms with Crippen molar-refractivity contribution < 1.29 is 4.42 Å². The molecule has 1 aromatic heterocycles. The molecule has 0 amide bonds. The first kappa shape index (κ1) is 14.0. The summed E-state index contributed by atoms with van der Waals surface area (Å²) in [7, 11) is 0. The predicted molar refractivity (Wildman–Crippen MR) is 71.0 cm³/mol. The Kier molecular flexibility index (Phi) is 6.05. The molecule has 0 aliphatic carbocycles. The van der Waals surface area contributed by atoms with Crippen LogP contribution in [0.2, 0.25) is 0 Å². The van der Waals surface area contributed by atoms with Gasteiger partial charge < -0.3 is 15.1 Å². The van der Waals surface area contributed by atoms with Crippen molar-refractivity contribution in [2.24, 2.45) is 5.92 Å². The van der Waals surface area contributed by atoms with E-state index in [1.165, 1.54) is 12.8 Å². The van der Waals surface area contributed by atoms with Gasteiger partial charge in [-0.25, -0.2) is 0 Å². The monoisotopic (exact) mass is 239 g/mol. The van der Waals surface area contributed by atoms with Gasteiger partial charge in [-0.2, -0.15) is 4.98 Å². The maximum atomic E-state index is 5.37. The minimum absolute atomic E-state index is 0.465. The Morgan fingerprint density at radius 2 is 2.00 bits per heavy atom. The molecular formula is C13H25N3O. The Morgan fingerprint density at radius 3 is 2.59 bits per heavy atom. The fraction of sp³-hybridized carbons (Fsp3) is 0.769. The van der Waals surface area contributed by atoms with E-state index in [1.54, 1.807) is 6.26 Å². The van der Waals surface area contributed by atoms with Crippen LogP contribution in [-0.4, -0.2) is 17.6 Å². The van der Waals surface area contributed by atoms with E-state index in [0.717, 1.165) is 18.8 Å². The zero-order valence-corrected chi connectivity index (χ0v) is 11.4. The molecule has 0 saturated carbocycles. The molecule has 0 radical (unpaired) electrons. The second kappa shape index (κ2) is 7.33. The van der Waals surface area contributed by atoms with E-state index in [2.05, 4.69) is 43.3 Å². The molecule has 2 N–H and O–H groups in total. The number of nitrogens with zero attached hydrogens (tertiary/aromatic N) is 1. The number of rotatable bonds is 8. The van der Waals surface area contributed by atoms with Crippen molar-refractivity contribution in [3.8, 4) is 0 Å². The van der Waals surface area contributed by atoms with Crippen LogP contribution >= 0.6 is 0 Å². The second-order valence-corrected chi connectivity index (χ2v) is 4.74. The molecule has 0 spiro atoms. The lowest BCUT2D eigenvalue weighted by Crippen LogP contribution is -2.22. The van der Waals surface area contributed by atoms with E-state index in [-0.39, 0.29) is 0 Å². The van der Waals surface area contributed by atoms with Crippen molar-refractivity contribution >= 4 is 6.01 Å². The van der Waals surface area contributed by atoms with Gasteiger partial charge in [0.1, 0.15) is 6.26 Å². The SMILES string of the molecule is CCC(CC)CNc1nc(CNC(C)C)co1. The first-order chi connectivity index (χ1) is 8.15. The van der Waals surface area contributed by atoms with Crippen molar-refractivity contribution in [2.75, 3.05) is 11.9 Å². The van der Waals surface area contributed by atoms with Gasteiger partial charge in [0.2, 0.25) is 0 Å². The summed E-state index contributed by atoms with van der Waals surface area (Å²) < 4.78 is 5.37. The summed E-state index contributed by atoms with van der Waals surface area (Å²) in [6.07, 6.45) is 4.09. The van der Waals surface area contributed by atoms with Gasteiger partial charge in [-0.05, 0) is 5.92 Å². The lowest BCUT2D eigenvalue weighted by atomic mass is 10.0. The highest BCUT2D eigenvalue weighted by atomic mass is 16.4. The summed E-state index contributed by atoms with van der Waals surface area (Å²) in [6.45, 7) is 10.4. The van der Waals surface area contributed by atoms with Crippen molar-refractivity contribution in [2.45, 2.75) is 53.1 Å². The number of hydrogen-bond donors (Lipinski definition) is 2. The Bertz CT molecular complexity index is 305. The first-order valence-electron chi connectivity index (χ1n) is 6.57. The molecule has 0 aromatic carbocycles. The van der Waals surface area contributed by atoms with E-state index in [4.69, 9.17) is 4.42 Å². The Balaban J connectivity index is 2.35. The number of hydrogen-bond acceptors (Lipinski definition) is 4. The average molecular weight is 239 g/mol. The number of anilines is 1. The van der Waals surface area contributed by atoms with Gasteiger partial charge in [0.25, 0.3) is 6.01 Å². The minimum atomic E-state index is 0.465. The number of oxazole rings is 1. The fourth-order valence-electron chi connectivity index (χ4n) is 1.59. The molecule has 0 bridgehead atoms. The van der Waals surface area contributed by atoms with Crippen LogP contribution in [0.5, 0.6) is 0 Å². The summed E-state index contributed by atoms with van der Waals surface area (Å²) in [5.41, 5.74) is 0.950. The first-order valence-corrected chi connectivity index (χ1v) is 6.57. The molecule has 0 fully saturated rings. The van der Waals surface area contributed by atoms with E-state index >= 15 is 0 Å². The van der Waals surface area contributed by atoms with Gasteiger partial charge in [0.05, 0.1) is 5.69 Å². The molecule has 0 saturated heterocycles. The topological polar surface area (TPSA) is 50.1 Å². The Morgan fingerprint density at radius 1 is 1.29 bits per heavy atom. The maximum Gasteiger partial charge on any atom is 0.294 e. The summed E-state index contributed by atoms with van der Waals surface area (Å²) in [5.74, 6) is 0.694. The highest BCUT2D eigenvalue weighted by molar-refractivity contribution is 5.21. The summed E-state index contributed by atoms with van der Waals surface area (Å²) >= 11 is 0. The van der Waals surface area contributed by atoms with Crippen LogP contribution in [-0.2, 0) is 6.54 Å². The maximum absolute atomic E-state index is 5.37. The van der Waals surface area contributed by atoms with Gasteiger partial charge in [-0.15, -0.1) is 0 Å². The molecule has 0 unspecified atom stereocenters. The molecule has 98 valence electrons. The highest BCUT2D eigenvalue weighted by Gasteiger charge is 2.07. The molecule has 4 nitrogen and oxygen atoms in total. The van der Waals surface area contributed by atoms with Crippen molar-refractivity contribution in [3.63, 3.8) is 0 Å². The smallest absolute Gasteiger partial charge is 0.294 e. The number of nitrogens with one attached hydrogen (secondary N) is 2. The summed E-state index contributed by atoms with van der Waals surface area (Å²) in [6, 6.07) is 1.10. The molecule has 4 heteroatoms. The lowest BCUT2D eigenvalue weighted by Gasteiger charge is -2.11.